The average molecular weight is 349 g/mol. The second-order valence-electron chi connectivity index (χ2n) is 5.62. The van der Waals surface area contributed by atoms with Gasteiger partial charge < -0.3 is 9.73 Å². The number of hydrogen-bond donors (Lipinski definition) is 2. The number of aromatic nitrogens is 2. The van der Waals surface area contributed by atoms with Crippen LogP contribution in [0.3, 0.4) is 0 Å². The third-order valence-corrected chi connectivity index (χ3v) is 4.52. The number of carbonyl (C=O) groups excluding carboxylic acids is 2. The zero-order valence-electron chi connectivity index (χ0n) is 13.3. The Morgan fingerprint density at radius 2 is 2.12 bits per heavy atom. The monoisotopic (exact) mass is 349 g/mol. The Hall–Kier alpha value is -2.26. The van der Waals surface area contributed by atoms with Crippen LogP contribution >= 0.6 is 11.3 Å². The van der Waals surface area contributed by atoms with Crippen LogP contribution in [0.4, 0.5) is 5.13 Å². The fraction of sp³-hybridized carbons (Fsp3) is 0.467. The van der Waals surface area contributed by atoms with Gasteiger partial charge in [0.25, 0.3) is 0 Å². The number of rotatable bonds is 5. The summed E-state index contributed by atoms with van der Waals surface area (Å²) in [6, 6.07) is 3.76. The molecule has 24 heavy (non-hydrogen) atoms. The van der Waals surface area contributed by atoms with Crippen molar-refractivity contribution in [2.45, 2.75) is 25.8 Å². The number of aryl methyl sites for hydroxylation is 1. The first-order valence-electron chi connectivity index (χ1n) is 7.79. The fourth-order valence-corrected chi connectivity index (χ4v) is 3.19. The van der Waals surface area contributed by atoms with E-state index >= 15 is 0 Å². The Morgan fingerprint density at radius 1 is 1.33 bits per heavy atom. The minimum Gasteiger partial charge on any atom is -0.465 e. The zero-order chi connectivity index (χ0) is 16.9. The van der Waals surface area contributed by atoms with E-state index in [9.17, 15) is 9.59 Å². The molecule has 3 heterocycles. The molecule has 2 N–H and O–H groups in total. The number of hydrogen-bond acceptors (Lipinski definition) is 7. The van der Waals surface area contributed by atoms with E-state index in [-0.39, 0.29) is 6.04 Å². The molecule has 2 amide bonds. The van der Waals surface area contributed by atoms with Crippen LogP contribution in [-0.4, -0.2) is 46.5 Å². The van der Waals surface area contributed by atoms with Crippen molar-refractivity contribution < 1.29 is 14.0 Å². The van der Waals surface area contributed by atoms with Gasteiger partial charge in [0.2, 0.25) is 5.13 Å². The first-order chi connectivity index (χ1) is 11.6. The van der Waals surface area contributed by atoms with Crippen molar-refractivity contribution in [3.05, 3.63) is 29.2 Å². The number of nitrogens with one attached hydrogen (secondary N) is 2. The standard InChI is InChI=1S/C15H19N5O3S/c1-10-4-5-12(23-10)11(20-6-2-3-7-20)8-16-13(21)14(22)18-15-19-17-9-24-15/h4-5,9,11H,2-3,6-8H2,1H3,(H,16,21)(H,18,19,22)/t11-/m1/s1. The molecule has 8 nitrogen and oxygen atoms in total. The van der Waals surface area contributed by atoms with Crippen LogP contribution in [0.5, 0.6) is 0 Å². The lowest BCUT2D eigenvalue weighted by molar-refractivity contribution is -0.136. The van der Waals surface area contributed by atoms with Gasteiger partial charge in [-0.25, -0.2) is 0 Å². The minimum atomic E-state index is -0.748. The number of likely N-dealkylation sites (tertiary alicyclic amines) is 1. The molecule has 1 atom stereocenters. The second-order valence-corrected chi connectivity index (χ2v) is 6.45. The number of furan rings is 1. The molecule has 2 aromatic heterocycles. The van der Waals surface area contributed by atoms with Gasteiger partial charge in [0.1, 0.15) is 17.0 Å². The molecule has 1 fully saturated rings. The SMILES string of the molecule is Cc1ccc([C@@H](CNC(=O)C(=O)Nc2nncs2)N2CCCC2)o1. The van der Waals surface area contributed by atoms with Gasteiger partial charge in [0.15, 0.2) is 0 Å². The zero-order valence-corrected chi connectivity index (χ0v) is 14.1. The number of carbonyl (C=O) groups is 2. The van der Waals surface area contributed by atoms with Gasteiger partial charge >= 0.3 is 11.8 Å². The molecule has 0 aromatic carbocycles. The Balaban J connectivity index is 1.60. The van der Waals surface area contributed by atoms with E-state index in [2.05, 4.69) is 25.7 Å². The largest absolute Gasteiger partial charge is 0.465 e. The third-order valence-electron chi connectivity index (χ3n) is 3.91. The van der Waals surface area contributed by atoms with Crippen LogP contribution in [-0.2, 0) is 9.59 Å². The first kappa shape index (κ1) is 16.6. The molecule has 0 radical (unpaired) electrons. The molecule has 128 valence electrons. The van der Waals surface area contributed by atoms with Gasteiger partial charge in [-0.05, 0) is 45.0 Å². The van der Waals surface area contributed by atoms with E-state index in [4.69, 9.17) is 4.42 Å². The van der Waals surface area contributed by atoms with E-state index in [1.807, 2.05) is 19.1 Å². The van der Waals surface area contributed by atoms with Crippen LogP contribution < -0.4 is 10.6 Å². The molecule has 1 saturated heterocycles. The summed E-state index contributed by atoms with van der Waals surface area (Å²) in [5, 5.41) is 12.7. The normalized spacial score (nSPS) is 16.0. The van der Waals surface area contributed by atoms with Gasteiger partial charge in [0.05, 0.1) is 6.04 Å². The molecular weight excluding hydrogens is 330 g/mol. The van der Waals surface area contributed by atoms with Crippen molar-refractivity contribution in [3.63, 3.8) is 0 Å². The van der Waals surface area contributed by atoms with Crippen molar-refractivity contribution in [2.24, 2.45) is 0 Å². The molecule has 1 aliphatic heterocycles. The Bertz CT molecular complexity index is 694. The van der Waals surface area contributed by atoms with Crippen molar-refractivity contribution >= 4 is 28.3 Å². The minimum absolute atomic E-state index is 0.0699. The van der Waals surface area contributed by atoms with Crippen LogP contribution in [0.15, 0.2) is 22.1 Å². The molecule has 0 aliphatic carbocycles. The molecule has 0 spiro atoms. The lowest BCUT2D eigenvalue weighted by atomic mass is 10.2. The van der Waals surface area contributed by atoms with Crippen LogP contribution in [0.25, 0.3) is 0 Å². The second kappa shape index (κ2) is 7.54. The van der Waals surface area contributed by atoms with Crippen molar-refractivity contribution in [3.8, 4) is 0 Å². The van der Waals surface area contributed by atoms with E-state index in [0.717, 1.165) is 48.8 Å². The van der Waals surface area contributed by atoms with Crippen molar-refractivity contribution in [2.75, 3.05) is 25.0 Å². The van der Waals surface area contributed by atoms with Gasteiger partial charge in [-0.15, -0.1) is 10.2 Å². The maximum atomic E-state index is 12.0. The highest BCUT2D eigenvalue weighted by atomic mass is 32.1. The lowest BCUT2D eigenvalue weighted by Gasteiger charge is -2.25. The van der Waals surface area contributed by atoms with Crippen molar-refractivity contribution in [1.82, 2.24) is 20.4 Å². The predicted molar refractivity (Wildman–Crippen MR) is 88.5 cm³/mol. The van der Waals surface area contributed by atoms with Crippen LogP contribution in [0.1, 0.15) is 30.4 Å². The Kier molecular flexibility index (Phi) is 5.21. The maximum absolute atomic E-state index is 12.0. The number of anilines is 1. The summed E-state index contributed by atoms with van der Waals surface area (Å²) in [4.78, 5) is 26.1. The summed E-state index contributed by atoms with van der Waals surface area (Å²) in [7, 11) is 0. The van der Waals surface area contributed by atoms with E-state index in [0.29, 0.717) is 11.7 Å². The van der Waals surface area contributed by atoms with Crippen molar-refractivity contribution in [1.29, 1.82) is 0 Å². The molecule has 0 saturated carbocycles. The highest BCUT2D eigenvalue weighted by Gasteiger charge is 2.27. The average Bonchev–Trinajstić information content (AvgIpc) is 3.30. The molecule has 9 heteroatoms. The predicted octanol–water partition coefficient (Wildman–Crippen LogP) is 1.33. The molecule has 0 unspecified atom stereocenters. The number of nitrogens with zero attached hydrogens (tertiary/aromatic N) is 3. The topological polar surface area (TPSA) is 100 Å². The van der Waals surface area contributed by atoms with E-state index < -0.39 is 11.8 Å². The highest BCUT2D eigenvalue weighted by Crippen LogP contribution is 2.26. The van der Waals surface area contributed by atoms with Crippen LogP contribution in [0, 0.1) is 6.92 Å². The van der Waals surface area contributed by atoms with Gasteiger partial charge in [-0.1, -0.05) is 11.3 Å². The maximum Gasteiger partial charge on any atom is 0.315 e. The Labute approximate surface area is 143 Å². The summed E-state index contributed by atoms with van der Waals surface area (Å²) in [6.07, 6.45) is 2.25. The highest BCUT2D eigenvalue weighted by molar-refractivity contribution is 7.13. The summed E-state index contributed by atoms with van der Waals surface area (Å²) in [6.45, 7) is 4.11. The van der Waals surface area contributed by atoms with E-state index in [1.165, 1.54) is 5.51 Å². The molecular formula is C15H19N5O3S. The Morgan fingerprint density at radius 3 is 2.75 bits per heavy atom. The molecule has 0 bridgehead atoms. The molecule has 3 rings (SSSR count). The summed E-state index contributed by atoms with van der Waals surface area (Å²) in [5.74, 6) is 0.189. The molecule has 1 aliphatic rings. The smallest absolute Gasteiger partial charge is 0.315 e. The summed E-state index contributed by atoms with van der Waals surface area (Å²) in [5.41, 5.74) is 1.48. The lowest BCUT2D eigenvalue weighted by Crippen LogP contribution is -2.41. The van der Waals surface area contributed by atoms with Gasteiger partial charge in [0, 0.05) is 6.54 Å². The number of amides is 2. The quantitative estimate of drug-likeness (QED) is 0.790. The fourth-order valence-electron chi connectivity index (χ4n) is 2.75. The van der Waals surface area contributed by atoms with Gasteiger partial charge in [-0.2, -0.15) is 0 Å². The third kappa shape index (κ3) is 3.98. The van der Waals surface area contributed by atoms with Crippen LogP contribution in [0.2, 0.25) is 0 Å². The molecule has 2 aromatic rings. The van der Waals surface area contributed by atoms with E-state index in [1.54, 1.807) is 0 Å². The summed E-state index contributed by atoms with van der Waals surface area (Å²) >= 11 is 1.16. The first-order valence-corrected chi connectivity index (χ1v) is 8.67. The van der Waals surface area contributed by atoms with Gasteiger partial charge in [-0.3, -0.25) is 19.8 Å². The summed E-state index contributed by atoms with van der Waals surface area (Å²) < 4.78 is 5.73.